The molecule has 0 radical (unpaired) electrons. The number of carbonyl (C=O) groups excluding carboxylic acids is 1. The largest absolute Gasteiger partial charge is 0.296 e. The summed E-state index contributed by atoms with van der Waals surface area (Å²) in [6.45, 7) is 0. The Morgan fingerprint density at radius 1 is 1.19 bits per heavy atom. The molecule has 1 aromatic carbocycles. The first-order chi connectivity index (χ1) is 10.2. The predicted molar refractivity (Wildman–Crippen MR) is 82.1 cm³/mol. The molecule has 0 aliphatic carbocycles. The summed E-state index contributed by atoms with van der Waals surface area (Å²) < 4.78 is 15.9. The molecule has 0 aliphatic rings. The van der Waals surface area contributed by atoms with Crippen molar-refractivity contribution >= 4 is 27.7 Å². The van der Waals surface area contributed by atoms with Gasteiger partial charge in [0.1, 0.15) is 17.3 Å². The number of aryl methyl sites for hydroxylation is 2. The van der Waals surface area contributed by atoms with E-state index in [1.165, 1.54) is 12.1 Å². The van der Waals surface area contributed by atoms with E-state index >= 15 is 0 Å². The fourth-order valence-electron chi connectivity index (χ4n) is 2.39. The Morgan fingerprint density at radius 2 is 2.00 bits per heavy atom. The monoisotopic (exact) mass is 346 g/mol. The molecule has 0 atom stereocenters. The van der Waals surface area contributed by atoms with E-state index in [0.717, 1.165) is 27.8 Å². The zero-order chi connectivity index (χ0) is 14.8. The number of rotatable bonds is 4. The molecule has 0 amide bonds. The van der Waals surface area contributed by atoms with E-state index in [4.69, 9.17) is 0 Å². The quantitative estimate of drug-likeness (QED) is 0.531. The van der Waals surface area contributed by atoms with Crippen LogP contribution in [0.25, 0.3) is 5.52 Å². The molecular formula is C16H12BrFN2O. The van der Waals surface area contributed by atoms with Crippen molar-refractivity contribution in [2.75, 3.05) is 0 Å². The maximum atomic E-state index is 13.2. The second-order valence-corrected chi connectivity index (χ2v) is 5.54. The summed E-state index contributed by atoms with van der Waals surface area (Å²) in [7, 11) is 0. The molecule has 0 aliphatic heterocycles. The molecule has 0 N–H and O–H groups in total. The minimum absolute atomic E-state index is 0.241. The van der Waals surface area contributed by atoms with Crippen LogP contribution in [0, 0.1) is 5.82 Å². The average molecular weight is 347 g/mol. The highest BCUT2D eigenvalue weighted by Gasteiger charge is 2.12. The van der Waals surface area contributed by atoms with Crippen molar-refractivity contribution in [3.05, 3.63) is 70.0 Å². The van der Waals surface area contributed by atoms with Crippen LogP contribution in [-0.4, -0.2) is 15.7 Å². The number of aromatic nitrogens is 2. The molecular weight excluding hydrogens is 335 g/mol. The van der Waals surface area contributed by atoms with E-state index < -0.39 is 0 Å². The Labute approximate surface area is 129 Å². The molecule has 3 rings (SSSR count). The van der Waals surface area contributed by atoms with Crippen LogP contribution in [0.1, 0.15) is 21.9 Å². The van der Waals surface area contributed by atoms with Crippen LogP contribution < -0.4 is 0 Å². The van der Waals surface area contributed by atoms with Gasteiger partial charge in [-0.15, -0.1) is 0 Å². The number of halogens is 2. The number of aldehydes is 1. The van der Waals surface area contributed by atoms with E-state index in [-0.39, 0.29) is 5.82 Å². The van der Waals surface area contributed by atoms with Crippen LogP contribution in [-0.2, 0) is 12.8 Å². The predicted octanol–water partition coefficient (Wildman–Crippen LogP) is 3.83. The van der Waals surface area contributed by atoms with Crippen LogP contribution in [0.3, 0.4) is 0 Å². The standard InChI is InChI=1S/C16H12BrFN2O/c17-15-6-2-5-14-13(10-21)19-16(20(14)15)8-7-11-3-1-4-12(18)9-11/h1-6,9-10H,7-8H2. The number of hydrogen-bond acceptors (Lipinski definition) is 2. The van der Waals surface area contributed by atoms with Gasteiger partial charge < -0.3 is 0 Å². The van der Waals surface area contributed by atoms with E-state index in [1.807, 2.05) is 28.7 Å². The van der Waals surface area contributed by atoms with Gasteiger partial charge in [-0.1, -0.05) is 18.2 Å². The maximum absolute atomic E-state index is 13.2. The summed E-state index contributed by atoms with van der Waals surface area (Å²) in [6, 6.07) is 12.1. The molecule has 2 heterocycles. The van der Waals surface area contributed by atoms with Gasteiger partial charge >= 0.3 is 0 Å². The summed E-state index contributed by atoms with van der Waals surface area (Å²) in [5.41, 5.74) is 2.10. The number of fused-ring (bicyclic) bond motifs is 1. The normalized spacial score (nSPS) is 11.0. The topological polar surface area (TPSA) is 34.4 Å². The minimum atomic E-state index is -0.241. The lowest BCUT2D eigenvalue weighted by molar-refractivity contribution is 0.112. The Balaban J connectivity index is 1.95. The molecule has 0 bridgehead atoms. The van der Waals surface area contributed by atoms with Crippen molar-refractivity contribution in [3.63, 3.8) is 0 Å². The van der Waals surface area contributed by atoms with Gasteiger partial charge in [-0.3, -0.25) is 9.20 Å². The summed E-state index contributed by atoms with van der Waals surface area (Å²) in [5.74, 6) is 0.541. The van der Waals surface area contributed by atoms with Gasteiger partial charge in [0.2, 0.25) is 0 Å². The summed E-state index contributed by atoms with van der Waals surface area (Å²) in [5, 5.41) is 0. The maximum Gasteiger partial charge on any atom is 0.170 e. The van der Waals surface area contributed by atoms with Crippen LogP contribution in [0.15, 0.2) is 47.1 Å². The third kappa shape index (κ3) is 2.74. The number of carbonyl (C=O) groups is 1. The first-order valence-electron chi connectivity index (χ1n) is 6.54. The minimum Gasteiger partial charge on any atom is -0.296 e. The van der Waals surface area contributed by atoms with Gasteiger partial charge in [0.05, 0.1) is 10.1 Å². The van der Waals surface area contributed by atoms with Crippen molar-refractivity contribution in [1.82, 2.24) is 9.38 Å². The SMILES string of the molecule is O=Cc1nc(CCc2cccc(F)c2)n2c(Br)cccc12. The Bertz CT molecular complexity index is 813. The van der Waals surface area contributed by atoms with E-state index in [1.54, 1.807) is 6.07 Å². The van der Waals surface area contributed by atoms with Gasteiger partial charge in [-0.25, -0.2) is 9.37 Å². The van der Waals surface area contributed by atoms with Crippen molar-refractivity contribution in [2.24, 2.45) is 0 Å². The smallest absolute Gasteiger partial charge is 0.170 e. The number of nitrogens with zero attached hydrogens (tertiary/aromatic N) is 2. The van der Waals surface area contributed by atoms with E-state index in [2.05, 4.69) is 20.9 Å². The second kappa shape index (κ2) is 5.77. The van der Waals surface area contributed by atoms with E-state index in [9.17, 15) is 9.18 Å². The zero-order valence-corrected chi connectivity index (χ0v) is 12.7. The van der Waals surface area contributed by atoms with Gasteiger partial charge in [0.25, 0.3) is 0 Å². The molecule has 0 unspecified atom stereocenters. The van der Waals surface area contributed by atoms with Crippen molar-refractivity contribution < 1.29 is 9.18 Å². The first kappa shape index (κ1) is 13.9. The van der Waals surface area contributed by atoms with Gasteiger partial charge in [-0.2, -0.15) is 0 Å². The lowest BCUT2D eigenvalue weighted by Gasteiger charge is -2.04. The lowest BCUT2D eigenvalue weighted by Crippen LogP contribution is -1.99. The highest BCUT2D eigenvalue weighted by atomic mass is 79.9. The average Bonchev–Trinajstić information content (AvgIpc) is 2.85. The van der Waals surface area contributed by atoms with Crippen LogP contribution in [0.2, 0.25) is 0 Å². The van der Waals surface area contributed by atoms with Crippen LogP contribution >= 0.6 is 15.9 Å². The third-order valence-corrected chi connectivity index (χ3v) is 3.97. The summed E-state index contributed by atoms with van der Waals surface area (Å²) in [6.07, 6.45) is 2.05. The Kier molecular flexibility index (Phi) is 3.84. The summed E-state index contributed by atoms with van der Waals surface area (Å²) >= 11 is 3.48. The highest BCUT2D eigenvalue weighted by molar-refractivity contribution is 9.10. The molecule has 3 aromatic rings. The first-order valence-corrected chi connectivity index (χ1v) is 7.34. The zero-order valence-electron chi connectivity index (χ0n) is 11.1. The van der Waals surface area contributed by atoms with Gasteiger partial charge in [0.15, 0.2) is 6.29 Å². The van der Waals surface area contributed by atoms with Gasteiger partial charge in [-0.05, 0) is 52.2 Å². The number of pyridine rings is 1. The molecule has 0 fully saturated rings. The molecule has 0 saturated carbocycles. The molecule has 0 saturated heterocycles. The van der Waals surface area contributed by atoms with Gasteiger partial charge in [0, 0.05) is 6.42 Å². The Hall–Kier alpha value is -2.01. The fraction of sp³-hybridized carbons (Fsp3) is 0.125. The molecule has 21 heavy (non-hydrogen) atoms. The van der Waals surface area contributed by atoms with Crippen molar-refractivity contribution in [3.8, 4) is 0 Å². The Morgan fingerprint density at radius 3 is 2.76 bits per heavy atom. The fourth-order valence-corrected chi connectivity index (χ4v) is 2.94. The van der Waals surface area contributed by atoms with Crippen LogP contribution in [0.4, 0.5) is 4.39 Å². The number of hydrogen-bond donors (Lipinski definition) is 0. The van der Waals surface area contributed by atoms with Crippen LogP contribution in [0.5, 0.6) is 0 Å². The molecule has 106 valence electrons. The van der Waals surface area contributed by atoms with Crippen molar-refractivity contribution in [1.29, 1.82) is 0 Å². The highest BCUT2D eigenvalue weighted by Crippen LogP contribution is 2.20. The molecule has 3 nitrogen and oxygen atoms in total. The third-order valence-electron chi connectivity index (χ3n) is 3.35. The molecule has 5 heteroatoms. The second-order valence-electron chi connectivity index (χ2n) is 4.73. The summed E-state index contributed by atoms with van der Waals surface area (Å²) in [4.78, 5) is 15.5. The van der Waals surface area contributed by atoms with Crippen molar-refractivity contribution in [2.45, 2.75) is 12.8 Å². The molecule has 0 spiro atoms. The molecule has 2 aromatic heterocycles. The lowest BCUT2D eigenvalue weighted by atomic mass is 10.1. The van der Waals surface area contributed by atoms with E-state index in [0.29, 0.717) is 18.5 Å². The number of benzene rings is 1. The number of imidazole rings is 1.